The van der Waals surface area contributed by atoms with Crippen molar-refractivity contribution in [3.8, 4) is 17.0 Å². The zero-order chi connectivity index (χ0) is 23.9. The number of carbonyl (C=O) groups excluding carboxylic acids is 1. The van der Waals surface area contributed by atoms with Gasteiger partial charge < -0.3 is 15.0 Å². The molecule has 2 aliphatic heterocycles. The van der Waals surface area contributed by atoms with Crippen molar-refractivity contribution in [2.24, 2.45) is 5.92 Å². The SMILES string of the molecule is C[C@@H](Oc1cc(-c2ccc(N3CCN(S(C)(=O)=O)CC3)cn2)cn2nccc12)[C@H]1CNC(=O)C1. The van der Waals surface area contributed by atoms with Crippen molar-refractivity contribution in [3.63, 3.8) is 0 Å². The lowest BCUT2D eigenvalue weighted by Gasteiger charge is -2.34. The largest absolute Gasteiger partial charge is 0.488 e. The summed E-state index contributed by atoms with van der Waals surface area (Å²) in [5.41, 5.74) is 3.47. The molecule has 0 saturated carbocycles. The van der Waals surface area contributed by atoms with Crippen LogP contribution < -0.4 is 15.0 Å². The highest BCUT2D eigenvalue weighted by atomic mass is 32.2. The summed E-state index contributed by atoms with van der Waals surface area (Å²) in [5.74, 6) is 0.884. The molecule has 0 spiro atoms. The predicted molar refractivity (Wildman–Crippen MR) is 128 cm³/mol. The van der Waals surface area contributed by atoms with Gasteiger partial charge in [0.1, 0.15) is 17.4 Å². The summed E-state index contributed by atoms with van der Waals surface area (Å²) in [4.78, 5) is 18.4. The number of rotatable bonds is 6. The molecule has 0 aromatic carbocycles. The predicted octanol–water partition coefficient (Wildman–Crippen LogP) is 1.38. The summed E-state index contributed by atoms with van der Waals surface area (Å²) < 4.78 is 33.1. The van der Waals surface area contributed by atoms with Crippen LogP contribution in [0.2, 0.25) is 0 Å². The third-order valence-corrected chi connectivity index (χ3v) is 7.88. The van der Waals surface area contributed by atoms with E-state index in [9.17, 15) is 13.2 Å². The fourth-order valence-electron chi connectivity index (χ4n) is 4.51. The van der Waals surface area contributed by atoms with Crippen LogP contribution in [0, 0.1) is 5.92 Å². The molecule has 11 heteroatoms. The molecule has 3 aromatic heterocycles. The lowest BCUT2D eigenvalue weighted by Crippen LogP contribution is -2.48. The lowest BCUT2D eigenvalue weighted by atomic mass is 10.0. The molecule has 2 aliphatic rings. The average molecular weight is 485 g/mol. The lowest BCUT2D eigenvalue weighted by molar-refractivity contribution is -0.119. The number of carbonyl (C=O) groups is 1. The maximum atomic E-state index is 11.7. The average Bonchev–Trinajstić information content (AvgIpc) is 3.48. The minimum absolute atomic E-state index is 0.0609. The van der Waals surface area contributed by atoms with Gasteiger partial charge in [-0.15, -0.1) is 0 Å². The first-order chi connectivity index (χ1) is 16.3. The molecule has 0 radical (unpaired) electrons. The number of sulfonamides is 1. The molecule has 34 heavy (non-hydrogen) atoms. The molecule has 0 unspecified atom stereocenters. The smallest absolute Gasteiger partial charge is 0.220 e. The summed E-state index contributed by atoms with van der Waals surface area (Å²) in [6.07, 6.45) is 7.05. The Kier molecular flexibility index (Phi) is 5.90. The topological polar surface area (TPSA) is 109 Å². The van der Waals surface area contributed by atoms with E-state index in [2.05, 4.69) is 20.3 Å². The van der Waals surface area contributed by atoms with E-state index in [0.717, 1.165) is 22.5 Å². The molecule has 3 aromatic rings. The van der Waals surface area contributed by atoms with Crippen molar-refractivity contribution in [1.29, 1.82) is 0 Å². The molecule has 10 nitrogen and oxygen atoms in total. The standard InChI is InChI=1S/C23H28N6O4S/c1-16(17-12-23(30)25-13-17)33-22-11-18(15-29-21(22)5-6-26-29)20-4-3-19(14-24-20)27-7-9-28(10-8-27)34(2,31)32/h3-6,11,14-17H,7-10,12-13H2,1-2H3,(H,25,30)/t16-,17-/m1/s1. The van der Waals surface area contributed by atoms with Crippen molar-refractivity contribution in [3.05, 3.63) is 42.9 Å². The monoisotopic (exact) mass is 484 g/mol. The van der Waals surface area contributed by atoms with Crippen LogP contribution in [0.3, 0.4) is 0 Å². The number of hydrogen-bond donors (Lipinski definition) is 1. The van der Waals surface area contributed by atoms with Gasteiger partial charge in [-0.3, -0.25) is 9.78 Å². The van der Waals surface area contributed by atoms with Crippen molar-refractivity contribution >= 4 is 27.1 Å². The van der Waals surface area contributed by atoms with Gasteiger partial charge in [0, 0.05) is 56.8 Å². The summed E-state index contributed by atoms with van der Waals surface area (Å²) in [5, 5.41) is 7.25. The minimum Gasteiger partial charge on any atom is -0.488 e. The van der Waals surface area contributed by atoms with Crippen molar-refractivity contribution < 1.29 is 17.9 Å². The number of anilines is 1. The molecule has 2 fully saturated rings. The van der Waals surface area contributed by atoms with Crippen molar-refractivity contribution in [1.82, 2.24) is 24.2 Å². The Balaban J connectivity index is 1.35. The zero-order valence-corrected chi connectivity index (χ0v) is 20.0. The van der Waals surface area contributed by atoms with Gasteiger partial charge >= 0.3 is 0 Å². The molecule has 5 heterocycles. The Morgan fingerprint density at radius 2 is 1.97 bits per heavy atom. The molecule has 1 amide bonds. The number of ether oxygens (including phenoxy) is 1. The van der Waals surface area contributed by atoms with E-state index in [-0.39, 0.29) is 17.9 Å². The molecule has 180 valence electrons. The molecule has 2 atom stereocenters. The highest BCUT2D eigenvalue weighted by Gasteiger charge is 2.28. The van der Waals surface area contributed by atoms with E-state index in [1.807, 2.05) is 43.6 Å². The van der Waals surface area contributed by atoms with Crippen LogP contribution in [0.15, 0.2) is 42.9 Å². The van der Waals surface area contributed by atoms with Crippen LogP contribution in [0.1, 0.15) is 13.3 Å². The molecular weight excluding hydrogens is 456 g/mol. The number of nitrogens with zero attached hydrogens (tertiary/aromatic N) is 5. The zero-order valence-electron chi connectivity index (χ0n) is 19.2. The second kappa shape index (κ2) is 8.88. The quantitative estimate of drug-likeness (QED) is 0.563. The third kappa shape index (κ3) is 4.58. The fourth-order valence-corrected chi connectivity index (χ4v) is 5.34. The molecule has 0 aliphatic carbocycles. The Bertz CT molecular complexity index is 1300. The van der Waals surface area contributed by atoms with Crippen LogP contribution in [-0.2, 0) is 14.8 Å². The fraction of sp³-hybridized carbons (Fsp3) is 0.435. The van der Waals surface area contributed by atoms with Crippen molar-refractivity contribution in [2.45, 2.75) is 19.4 Å². The van der Waals surface area contributed by atoms with E-state index in [4.69, 9.17) is 4.74 Å². The number of amides is 1. The van der Waals surface area contributed by atoms with Crippen LogP contribution in [0.4, 0.5) is 5.69 Å². The Labute approximate surface area is 198 Å². The van der Waals surface area contributed by atoms with Gasteiger partial charge in [0.25, 0.3) is 0 Å². The highest BCUT2D eigenvalue weighted by Crippen LogP contribution is 2.30. The van der Waals surface area contributed by atoms with Gasteiger partial charge in [0.2, 0.25) is 15.9 Å². The molecule has 0 bridgehead atoms. The maximum Gasteiger partial charge on any atom is 0.220 e. The number of hydrogen-bond acceptors (Lipinski definition) is 7. The van der Waals surface area contributed by atoms with Crippen LogP contribution >= 0.6 is 0 Å². The number of piperazine rings is 1. The maximum absolute atomic E-state index is 11.7. The Morgan fingerprint density at radius 3 is 2.62 bits per heavy atom. The highest BCUT2D eigenvalue weighted by molar-refractivity contribution is 7.88. The van der Waals surface area contributed by atoms with Gasteiger partial charge in [0.15, 0.2) is 0 Å². The first-order valence-electron chi connectivity index (χ1n) is 11.4. The molecule has 5 rings (SSSR count). The van der Waals surface area contributed by atoms with Crippen LogP contribution in [0.25, 0.3) is 16.8 Å². The second-order valence-electron chi connectivity index (χ2n) is 8.90. The Morgan fingerprint density at radius 1 is 1.18 bits per heavy atom. The number of pyridine rings is 2. The van der Waals surface area contributed by atoms with E-state index < -0.39 is 10.0 Å². The molecule has 2 saturated heterocycles. The summed E-state index contributed by atoms with van der Waals surface area (Å²) >= 11 is 0. The van der Waals surface area contributed by atoms with Gasteiger partial charge in [-0.25, -0.2) is 12.9 Å². The molecule has 1 N–H and O–H groups in total. The molecular formula is C23H28N6O4S. The van der Waals surface area contributed by atoms with E-state index in [0.29, 0.717) is 44.9 Å². The minimum atomic E-state index is -3.16. The summed E-state index contributed by atoms with van der Waals surface area (Å²) in [7, 11) is -3.16. The van der Waals surface area contributed by atoms with Gasteiger partial charge in [-0.1, -0.05) is 0 Å². The van der Waals surface area contributed by atoms with Gasteiger partial charge in [0.05, 0.1) is 30.0 Å². The normalized spacial score (nSPS) is 20.5. The number of nitrogens with one attached hydrogen (secondary N) is 1. The van der Waals surface area contributed by atoms with Crippen LogP contribution in [-0.4, -0.2) is 78.3 Å². The second-order valence-corrected chi connectivity index (χ2v) is 10.9. The van der Waals surface area contributed by atoms with Gasteiger partial charge in [-0.2, -0.15) is 9.40 Å². The van der Waals surface area contributed by atoms with Crippen molar-refractivity contribution in [2.75, 3.05) is 43.9 Å². The first kappa shape index (κ1) is 22.6. The third-order valence-electron chi connectivity index (χ3n) is 6.57. The van der Waals surface area contributed by atoms with E-state index in [1.54, 1.807) is 10.7 Å². The Hall–Kier alpha value is -3.18. The summed E-state index contributed by atoms with van der Waals surface area (Å²) in [6, 6.07) is 7.82. The first-order valence-corrected chi connectivity index (χ1v) is 13.2. The summed E-state index contributed by atoms with van der Waals surface area (Å²) in [6.45, 7) is 4.80. The van der Waals surface area contributed by atoms with E-state index in [1.165, 1.54) is 10.6 Å². The van der Waals surface area contributed by atoms with Crippen LogP contribution in [0.5, 0.6) is 5.75 Å². The number of aromatic nitrogens is 3. The van der Waals surface area contributed by atoms with Gasteiger partial charge in [-0.05, 0) is 31.2 Å². The number of fused-ring (bicyclic) bond motifs is 1. The van der Waals surface area contributed by atoms with E-state index >= 15 is 0 Å².